The summed E-state index contributed by atoms with van der Waals surface area (Å²) in [5, 5.41) is 0. The largest absolute Gasteiger partial charge is 0.416 e. The predicted octanol–water partition coefficient (Wildman–Crippen LogP) is 2.16. The zero-order valence-electron chi connectivity index (χ0n) is 16.8. The molecule has 0 aromatic heterocycles. The number of dihydropyridines is 1. The standard InChI is InChI=1S/C21H23F3N4O3/c22-21(23,24)16-4-1-5-17(11-16)28(9-3-8-27-7-2-6-18(27)29)20(31)15-10-14(19(25)30)12-26-13-15/h1,4-5,10-12,14H,2-3,6-9,13H2,(H2,25,30). The van der Waals surface area contributed by atoms with Crippen LogP contribution in [0.3, 0.4) is 0 Å². The van der Waals surface area contributed by atoms with Crippen molar-refractivity contribution < 1.29 is 27.6 Å². The highest BCUT2D eigenvalue weighted by atomic mass is 19.4. The molecule has 166 valence electrons. The van der Waals surface area contributed by atoms with Crippen molar-refractivity contribution in [2.45, 2.75) is 25.4 Å². The first kappa shape index (κ1) is 22.5. The fourth-order valence-corrected chi connectivity index (χ4v) is 3.60. The Morgan fingerprint density at radius 2 is 2.06 bits per heavy atom. The van der Waals surface area contributed by atoms with Crippen LogP contribution in [0.2, 0.25) is 0 Å². The van der Waals surface area contributed by atoms with E-state index >= 15 is 0 Å². The minimum absolute atomic E-state index is 0.00266. The third-order valence-electron chi connectivity index (χ3n) is 5.22. The molecule has 0 bridgehead atoms. The van der Waals surface area contributed by atoms with Gasteiger partial charge in [-0.3, -0.25) is 19.4 Å². The zero-order chi connectivity index (χ0) is 22.6. The summed E-state index contributed by atoms with van der Waals surface area (Å²) in [6, 6.07) is 4.51. The molecule has 7 nitrogen and oxygen atoms in total. The summed E-state index contributed by atoms with van der Waals surface area (Å²) in [4.78, 5) is 43.4. The molecule has 1 unspecified atom stereocenters. The Bertz CT molecular complexity index is 927. The van der Waals surface area contributed by atoms with Crippen LogP contribution in [0.5, 0.6) is 0 Å². The molecule has 0 aliphatic carbocycles. The van der Waals surface area contributed by atoms with Gasteiger partial charge in [0.05, 0.1) is 18.0 Å². The van der Waals surface area contributed by atoms with Gasteiger partial charge >= 0.3 is 6.18 Å². The Labute approximate surface area is 177 Å². The van der Waals surface area contributed by atoms with Gasteiger partial charge in [-0.2, -0.15) is 13.2 Å². The molecular formula is C21H23F3N4O3. The molecule has 1 fully saturated rings. The van der Waals surface area contributed by atoms with Crippen molar-refractivity contribution in [3.05, 3.63) is 41.5 Å². The lowest BCUT2D eigenvalue weighted by molar-refractivity contribution is -0.137. The molecule has 3 amide bonds. The van der Waals surface area contributed by atoms with Crippen molar-refractivity contribution in [3.63, 3.8) is 0 Å². The maximum atomic E-state index is 13.2. The normalized spacial score (nSPS) is 18.8. The molecule has 31 heavy (non-hydrogen) atoms. The van der Waals surface area contributed by atoms with Gasteiger partial charge in [0, 0.05) is 43.5 Å². The maximum Gasteiger partial charge on any atom is 0.416 e. The molecule has 2 aliphatic heterocycles. The first-order valence-corrected chi connectivity index (χ1v) is 9.93. The van der Waals surface area contributed by atoms with Crippen LogP contribution in [0, 0.1) is 5.92 Å². The predicted molar refractivity (Wildman–Crippen MR) is 108 cm³/mol. The summed E-state index contributed by atoms with van der Waals surface area (Å²) >= 11 is 0. The molecule has 0 radical (unpaired) electrons. The number of nitrogens with two attached hydrogens (primary N) is 1. The van der Waals surface area contributed by atoms with Crippen molar-refractivity contribution in [3.8, 4) is 0 Å². The number of nitrogens with zero attached hydrogens (tertiary/aromatic N) is 3. The van der Waals surface area contributed by atoms with E-state index in [4.69, 9.17) is 5.73 Å². The summed E-state index contributed by atoms with van der Waals surface area (Å²) in [5.74, 6) is -2.04. The van der Waals surface area contributed by atoms with E-state index in [0.29, 0.717) is 25.9 Å². The van der Waals surface area contributed by atoms with Crippen molar-refractivity contribution in [1.82, 2.24) is 4.90 Å². The lowest BCUT2D eigenvalue weighted by Gasteiger charge is -2.27. The average molecular weight is 436 g/mol. The number of carbonyl (C=O) groups is 3. The molecule has 0 spiro atoms. The molecule has 1 atom stereocenters. The van der Waals surface area contributed by atoms with E-state index in [2.05, 4.69) is 4.99 Å². The van der Waals surface area contributed by atoms with Crippen LogP contribution in [-0.4, -0.2) is 55.0 Å². The van der Waals surface area contributed by atoms with Gasteiger partial charge in [0.25, 0.3) is 5.91 Å². The SMILES string of the molecule is NC(=O)C1C=NCC(C(=O)N(CCCN2CCCC2=O)c2cccc(C(F)(F)F)c2)=C1. The molecule has 10 heteroatoms. The van der Waals surface area contributed by atoms with E-state index in [1.807, 2.05) is 0 Å². The van der Waals surface area contributed by atoms with Crippen molar-refractivity contribution in [2.24, 2.45) is 16.6 Å². The fourth-order valence-electron chi connectivity index (χ4n) is 3.60. The monoisotopic (exact) mass is 436 g/mol. The number of anilines is 1. The summed E-state index contributed by atoms with van der Waals surface area (Å²) in [7, 11) is 0. The summed E-state index contributed by atoms with van der Waals surface area (Å²) in [6.07, 6.45) is -0.180. The third-order valence-corrected chi connectivity index (χ3v) is 5.22. The Kier molecular flexibility index (Phi) is 6.77. The van der Waals surface area contributed by atoms with Crippen molar-refractivity contribution >= 4 is 29.6 Å². The molecule has 1 saturated heterocycles. The van der Waals surface area contributed by atoms with Gasteiger partial charge in [0.1, 0.15) is 0 Å². The van der Waals surface area contributed by atoms with Crippen molar-refractivity contribution in [2.75, 3.05) is 31.1 Å². The molecular weight excluding hydrogens is 413 g/mol. The molecule has 2 heterocycles. The number of hydrogen-bond acceptors (Lipinski definition) is 4. The van der Waals surface area contributed by atoms with E-state index in [9.17, 15) is 27.6 Å². The molecule has 2 aliphatic rings. The lowest BCUT2D eigenvalue weighted by atomic mass is 10.0. The lowest BCUT2D eigenvalue weighted by Crippen LogP contribution is -2.37. The second-order valence-corrected chi connectivity index (χ2v) is 7.45. The minimum Gasteiger partial charge on any atom is -0.369 e. The summed E-state index contributed by atoms with van der Waals surface area (Å²) < 4.78 is 39.6. The molecule has 2 N–H and O–H groups in total. The van der Waals surface area contributed by atoms with Gasteiger partial charge in [0.2, 0.25) is 11.8 Å². The molecule has 3 rings (SSSR count). The summed E-state index contributed by atoms with van der Waals surface area (Å²) in [5.41, 5.74) is 4.68. The fraction of sp³-hybridized carbons (Fsp3) is 0.429. The van der Waals surface area contributed by atoms with Gasteiger partial charge in [-0.1, -0.05) is 12.1 Å². The van der Waals surface area contributed by atoms with Gasteiger partial charge in [-0.25, -0.2) is 0 Å². The van der Waals surface area contributed by atoms with Crippen LogP contribution in [-0.2, 0) is 20.6 Å². The number of amides is 3. The molecule has 0 saturated carbocycles. The molecule has 1 aromatic rings. The number of hydrogen-bond donors (Lipinski definition) is 1. The van der Waals surface area contributed by atoms with Crippen LogP contribution >= 0.6 is 0 Å². The highest BCUT2D eigenvalue weighted by molar-refractivity contribution is 6.08. The Balaban J connectivity index is 1.84. The number of aliphatic imine (C=N–C) groups is 1. The number of primary amides is 1. The number of rotatable bonds is 7. The average Bonchev–Trinajstić information content (AvgIpc) is 3.15. The molecule has 1 aromatic carbocycles. The minimum atomic E-state index is -4.56. The first-order valence-electron chi connectivity index (χ1n) is 9.93. The van der Waals surface area contributed by atoms with Gasteiger partial charge in [0.15, 0.2) is 0 Å². The van der Waals surface area contributed by atoms with Crippen molar-refractivity contribution in [1.29, 1.82) is 0 Å². The second kappa shape index (κ2) is 9.32. The Morgan fingerprint density at radius 3 is 2.71 bits per heavy atom. The maximum absolute atomic E-state index is 13.2. The Hall–Kier alpha value is -3.17. The highest BCUT2D eigenvalue weighted by Crippen LogP contribution is 2.32. The van der Waals surface area contributed by atoms with E-state index < -0.39 is 29.5 Å². The van der Waals surface area contributed by atoms with E-state index in [-0.39, 0.29) is 30.3 Å². The smallest absolute Gasteiger partial charge is 0.369 e. The number of benzene rings is 1. The van der Waals surface area contributed by atoms with Crippen LogP contribution < -0.4 is 10.6 Å². The zero-order valence-corrected chi connectivity index (χ0v) is 16.8. The van der Waals surface area contributed by atoms with E-state index in [1.54, 1.807) is 4.90 Å². The highest BCUT2D eigenvalue weighted by Gasteiger charge is 2.32. The first-order chi connectivity index (χ1) is 14.7. The number of alkyl halides is 3. The quantitative estimate of drug-likeness (QED) is 0.710. The van der Waals surface area contributed by atoms with E-state index in [1.165, 1.54) is 29.3 Å². The number of likely N-dealkylation sites (tertiary alicyclic amines) is 1. The van der Waals surface area contributed by atoms with Gasteiger partial charge in [-0.05, 0) is 31.0 Å². The van der Waals surface area contributed by atoms with Crippen LogP contribution in [0.15, 0.2) is 40.9 Å². The summed E-state index contributed by atoms with van der Waals surface area (Å²) in [6.45, 7) is 1.15. The second-order valence-electron chi connectivity index (χ2n) is 7.45. The van der Waals surface area contributed by atoms with Gasteiger partial charge in [-0.15, -0.1) is 0 Å². The van der Waals surface area contributed by atoms with E-state index in [0.717, 1.165) is 18.6 Å². The number of carbonyl (C=O) groups excluding carboxylic acids is 3. The van der Waals surface area contributed by atoms with Gasteiger partial charge < -0.3 is 15.5 Å². The van der Waals surface area contributed by atoms with Crippen LogP contribution in [0.4, 0.5) is 18.9 Å². The topological polar surface area (TPSA) is 96.1 Å². The van der Waals surface area contributed by atoms with Crippen LogP contribution in [0.25, 0.3) is 0 Å². The third kappa shape index (κ3) is 5.50. The van der Waals surface area contributed by atoms with Crippen LogP contribution in [0.1, 0.15) is 24.8 Å². The number of halogens is 3. The Morgan fingerprint density at radius 1 is 1.29 bits per heavy atom.